The van der Waals surface area contributed by atoms with Crippen molar-refractivity contribution in [2.24, 2.45) is 0 Å². The van der Waals surface area contributed by atoms with Gasteiger partial charge in [-0.05, 0) is 40.5 Å². The van der Waals surface area contributed by atoms with E-state index in [0.717, 1.165) is 10.0 Å². The van der Waals surface area contributed by atoms with E-state index in [4.69, 9.17) is 11.6 Å². The lowest BCUT2D eigenvalue weighted by Crippen LogP contribution is -2.02. The van der Waals surface area contributed by atoms with Gasteiger partial charge in [0, 0.05) is 33.0 Å². The van der Waals surface area contributed by atoms with Crippen molar-refractivity contribution in [3.05, 3.63) is 62.8 Å². The van der Waals surface area contributed by atoms with Crippen molar-refractivity contribution in [2.45, 2.75) is 6.92 Å². The average molecular weight is 311 g/mol. The first-order valence-electron chi connectivity index (χ1n) is 4.99. The number of hydrogen-bond donors (Lipinski definition) is 0. The number of pyridine rings is 1. The zero-order valence-corrected chi connectivity index (χ0v) is 11.4. The first-order valence-corrected chi connectivity index (χ1v) is 6.16. The standard InChI is InChI=1S/C13H9BrClNO/c1-8-2-3-9(5-12(8)15)13(17)10-4-11(14)7-16-6-10/h2-7H,1H3. The maximum absolute atomic E-state index is 12.1. The molecule has 0 radical (unpaired) electrons. The lowest BCUT2D eigenvalue weighted by Gasteiger charge is -2.03. The molecule has 0 bridgehead atoms. The van der Waals surface area contributed by atoms with Crippen LogP contribution in [0.1, 0.15) is 21.5 Å². The molecule has 1 heterocycles. The minimum absolute atomic E-state index is 0.0827. The molecule has 17 heavy (non-hydrogen) atoms. The van der Waals surface area contributed by atoms with Gasteiger partial charge in [0.1, 0.15) is 0 Å². The fraction of sp³-hybridized carbons (Fsp3) is 0.0769. The van der Waals surface area contributed by atoms with Gasteiger partial charge in [0.25, 0.3) is 0 Å². The zero-order valence-electron chi connectivity index (χ0n) is 9.08. The van der Waals surface area contributed by atoms with Crippen LogP contribution in [0.5, 0.6) is 0 Å². The van der Waals surface area contributed by atoms with E-state index in [9.17, 15) is 4.79 Å². The summed E-state index contributed by atoms with van der Waals surface area (Å²) in [4.78, 5) is 16.1. The highest BCUT2D eigenvalue weighted by atomic mass is 79.9. The second-order valence-electron chi connectivity index (χ2n) is 3.68. The molecule has 1 aromatic carbocycles. The Kier molecular flexibility index (Phi) is 3.60. The van der Waals surface area contributed by atoms with Crippen molar-refractivity contribution in [3.8, 4) is 0 Å². The Labute approximate surface area is 113 Å². The van der Waals surface area contributed by atoms with Crippen molar-refractivity contribution in [1.29, 1.82) is 0 Å². The molecule has 4 heteroatoms. The molecule has 0 aliphatic heterocycles. The van der Waals surface area contributed by atoms with Gasteiger partial charge in [-0.15, -0.1) is 0 Å². The summed E-state index contributed by atoms with van der Waals surface area (Å²) < 4.78 is 0.779. The van der Waals surface area contributed by atoms with Crippen LogP contribution >= 0.6 is 27.5 Å². The van der Waals surface area contributed by atoms with Crippen molar-refractivity contribution in [1.82, 2.24) is 4.98 Å². The topological polar surface area (TPSA) is 30.0 Å². The number of carbonyl (C=O) groups excluding carboxylic acids is 1. The van der Waals surface area contributed by atoms with Crippen LogP contribution in [-0.4, -0.2) is 10.8 Å². The monoisotopic (exact) mass is 309 g/mol. The summed E-state index contributed by atoms with van der Waals surface area (Å²) in [5, 5.41) is 0.596. The van der Waals surface area contributed by atoms with Gasteiger partial charge in [-0.25, -0.2) is 0 Å². The number of benzene rings is 1. The number of halogens is 2. The fourth-order valence-electron chi connectivity index (χ4n) is 1.44. The van der Waals surface area contributed by atoms with Gasteiger partial charge in [0.15, 0.2) is 5.78 Å². The summed E-state index contributed by atoms with van der Waals surface area (Å²) >= 11 is 9.29. The molecule has 0 saturated heterocycles. The Balaban J connectivity index is 2.40. The normalized spacial score (nSPS) is 10.3. The Morgan fingerprint density at radius 2 is 2.00 bits per heavy atom. The van der Waals surface area contributed by atoms with Crippen molar-refractivity contribution in [2.75, 3.05) is 0 Å². The molecule has 0 saturated carbocycles. The highest BCUT2D eigenvalue weighted by Crippen LogP contribution is 2.20. The van der Waals surface area contributed by atoms with E-state index in [0.29, 0.717) is 16.1 Å². The Morgan fingerprint density at radius 3 is 2.65 bits per heavy atom. The molecular formula is C13H9BrClNO. The van der Waals surface area contributed by atoms with Crippen LogP contribution in [0.15, 0.2) is 41.1 Å². The van der Waals surface area contributed by atoms with E-state index in [1.807, 2.05) is 13.0 Å². The molecule has 2 aromatic rings. The number of aryl methyl sites for hydroxylation is 1. The van der Waals surface area contributed by atoms with E-state index in [-0.39, 0.29) is 5.78 Å². The third-order valence-corrected chi connectivity index (χ3v) is 3.24. The molecule has 0 unspecified atom stereocenters. The average Bonchev–Trinajstić information content (AvgIpc) is 2.32. The number of hydrogen-bond acceptors (Lipinski definition) is 2. The summed E-state index contributed by atoms with van der Waals surface area (Å²) in [7, 11) is 0. The Morgan fingerprint density at radius 1 is 1.24 bits per heavy atom. The third-order valence-electron chi connectivity index (χ3n) is 2.40. The third kappa shape index (κ3) is 2.73. The van der Waals surface area contributed by atoms with Crippen molar-refractivity contribution < 1.29 is 4.79 Å². The quantitative estimate of drug-likeness (QED) is 0.784. The minimum atomic E-state index is -0.0827. The highest BCUT2D eigenvalue weighted by molar-refractivity contribution is 9.10. The molecule has 0 fully saturated rings. The Hall–Kier alpha value is -1.19. The molecule has 0 amide bonds. The predicted octanol–water partition coefficient (Wildman–Crippen LogP) is 4.04. The van der Waals surface area contributed by atoms with Gasteiger partial charge in [-0.2, -0.15) is 0 Å². The largest absolute Gasteiger partial charge is 0.289 e. The summed E-state index contributed by atoms with van der Waals surface area (Å²) in [6.45, 7) is 1.90. The molecule has 2 rings (SSSR count). The lowest BCUT2D eigenvalue weighted by atomic mass is 10.0. The van der Waals surface area contributed by atoms with Gasteiger partial charge in [-0.1, -0.05) is 23.7 Å². The van der Waals surface area contributed by atoms with Crippen molar-refractivity contribution in [3.63, 3.8) is 0 Å². The summed E-state index contributed by atoms with van der Waals surface area (Å²) in [5.41, 5.74) is 2.07. The van der Waals surface area contributed by atoms with E-state index in [2.05, 4.69) is 20.9 Å². The maximum Gasteiger partial charge on any atom is 0.194 e. The maximum atomic E-state index is 12.1. The molecule has 2 nitrogen and oxygen atoms in total. The first-order chi connectivity index (χ1) is 8.08. The van der Waals surface area contributed by atoms with Crippen LogP contribution in [0.3, 0.4) is 0 Å². The van der Waals surface area contributed by atoms with Crippen LogP contribution in [0.2, 0.25) is 5.02 Å². The van der Waals surface area contributed by atoms with Gasteiger partial charge in [0.2, 0.25) is 0 Å². The van der Waals surface area contributed by atoms with Gasteiger partial charge in [0.05, 0.1) is 0 Å². The molecule has 86 valence electrons. The molecule has 1 aromatic heterocycles. The van der Waals surface area contributed by atoms with Crippen LogP contribution < -0.4 is 0 Å². The number of carbonyl (C=O) groups is 1. The van der Waals surface area contributed by atoms with Crippen LogP contribution in [0, 0.1) is 6.92 Å². The van der Waals surface area contributed by atoms with E-state index in [1.54, 1.807) is 30.6 Å². The smallest absolute Gasteiger partial charge is 0.194 e. The Bertz CT molecular complexity index is 583. The van der Waals surface area contributed by atoms with Gasteiger partial charge < -0.3 is 0 Å². The van der Waals surface area contributed by atoms with Gasteiger partial charge in [-0.3, -0.25) is 9.78 Å². The predicted molar refractivity (Wildman–Crippen MR) is 71.6 cm³/mol. The highest BCUT2D eigenvalue weighted by Gasteiger charge is 2.10. The first kappa shape index (κ1) is 12.3. The molecule has 0 spiro atoms. The van der Waals surface area contributed by atoms with E-state index >= 15 is 0 Å². The second kappa shape index (κ2) is 4.98. The van der Waals surface area contributed by atoms with Crippen LogP contribution in [0.4, 0.5) is 0 Å². The minimum Gasteiger partial charge on any atom is -0.289 e. The number of ketones is 1. The molecule has 0 aliphatic carbocycles. The van der Waals surface area contributed by atoms with Crippen LogP contribution in [-0.2, 0) is 0 Å². The summed E-state index contributed by atoms with van der Waals surface area (Å²) in [6, 6.07) is 7.02. The fourth-order valence-corrected chi connectivity index (χ4v) is 1.98. The molecular weight excluding hydrogens is 302 g/mol. The number of nitrogens with zero attached hydrogens (tertiary/aromatic N) is 1. The lowest BCUT2D eigenvalue weighted by molar-refractivity contribution is 0.103. The summed E-state index contributed by atoms with van der Waals surface area (Å²) in [5.74, 6) is -0.0827. The molecule has 0 atom stereocenters. The molecule has 0 aliphatic rings. The van der Waals surface area contributed by atoms with E-state index < -0.39 is 0 Å². The SMILES string of the molecule is Cc1ccc(C(=O)c2cncc(Br)c2)cc1Cl. The number of rotatable bonds is 2. The zero-order chi connectivity index (χ0) is 12.4. The van der Waals surface area contributed by atoms with Gasteiger partial charge >= 0.3 is 0 Å². The molecule has 0 N–H and O–H groups in total. The van der Waals surface area contributed by atoms with Crippen molar-refractivity contribution >= 4 is 33.3 Å². The summed E-state index contributed by atoms with van der Waals surface area (Å²) in [6.07, 6.45) is 3.18. The number of aromatic nitrogens is 1. The van der Waals surface area contributed by atoms with E-state index in [1.165, 1.54) is 0 Å². The second-order valence-corrected chi connectivity index (χ2v) is 5.01. The van der Waals surface area contributed by atoms with Crippen LogP contribution in [0.25, 0.3) is 0 Å².